The lowest BCUT2D eigenvalue weighted by molar-refractivity contribution is 0.0473. The molecule has 6 nitrogen and oxygen atoms in total. The van der Waals surface area contributed by atoms with E-state index in [2.05, 4.69) is 0 Å². The van der Waals surface area contributed by atoms with E-state index < -0.39 is 15.7 Å². The van der Waals surface area contributed by atoms with E-state index >= 15 is 0 Å². The van der Waals surface area contributed by atoms with Crippen LogP contribution in [0.4, 0.5) is 9.18 Å². The number of piperidine rings is 1. The summed E-state index contributed by atoms with van der Waals surface area (Å²) in [5.74, 6) is 1.51. The SMILES string of the molecule is CC1(OC(=O)N2CCC([C@@H]3C[C@H]3CCOc3ccc(S(C)(=O)=O)c(F)c3)CC2)CC1. The summed E-state index contributed by atoms with van der Waals surface area (Å²) in [5, 5.41) is 0. The molecule has 1 amide bonds. The summed E-state index contributed by atoms with van der Waals surface area (Å²) in [6, 6.07) is 3.89. The molecule has 2 aliphatic carbocycles. The number of carbonyl (C=O) groups excluding carboxylic acids is 1. The highest BCUT2D eigenvalue weighted by Crippen LogP contribution is 2.50. The minimum absolute atomic E-state index is 0.164. The predicted octanol–water partition coefficient (Wildman–Crippen LogP) is 4.04. The molecule has 1 aromatic rings. The van der Waals surface area contributed by atoms with E-state index in [0.29, 0.717) is 30.1 Å². The van der Waals surface area contributed by atoms with Crippen LogP contribution in [0.1, 0.15) is 45.4 Å². The molecular weight excluding hydrogens is 409 g/mol. The molecule has 166 valence electrons. The van der Waals surface area contributed by atoms with Gasteiger partial charge in [0.25, 0.3) is 0 Å². The fraction of sp³-hybridized carbons (Fsp3) is 0.682. The quantitative estimate of drug-likeness (QED) is 0.641. The fourth-order valence-corrected chi connectivity index (χ4v) is 5.17. The van der Waals surface area contributed by atoms with Gasteiger partial charge in [-0.1, -0.05) is 0 Å². The zero-order valence-corrected chi connectivity index (χ0v) is 18.4. The number of nitrogens with zero attached hydrogens (tertiary/aromatic N) is 1. The van der Waals surface area contributed by atoms with Crippen molar-refractivity contribution in [2.75, 3.05) is 26.0 Å². The topological polar surface area (TPSA) is 72.9 Å². The molecule has 1 aliphatic heterocycles. The van der Waals surface area contributed by atoms with E-state index in [1.165, 1.54) is 18.6 Å². The van der Waals surface area contributed by atoms with Crippen molar-refractivity contribution in [1.82, 2.24) is 4.90 Å². The van der Waals surface area contributed by atoms with E-state index in [4.69, 9.17) is 9.47 Å². The van der Waals surface area contributed by atoms with Gasteiger partial charge in [0.05, 0.1) is 6.61 Å². The molecule has 8 heteroatoms. The maximum absolute atomic E-state index is 13.9. The van der Waals surface area contributed by atoms with Crippen LogP contribution in [0.5, 0.6) is 5.75 Å². The number of hydrogen-bond donors (Lipinski definition) is 0. The van der Waals surface area contributed by atoms with Crippen LogP contribution < -0.4 is 4.74 Å². The molecule has 30 heavy (non-hydrogen) atoms. The van der Waals surface area contributed by atoms with Crippen LogP contribution in [0.3, 0.4) is 0 Å². The Hall–Kier alpha value is -1.83. The fourth-order valence-electron chi connectivity index (χ4n) is 4.44. The third kappa shape index (κ3) is 5.07. The standard InChI is InChI=1S/C22H30FNO5S/c1-22(8-9-22)29-21(25)24-10-5-15(6-11-24)18-13-16(18)7-12-28-17-3-4-20(19(23)14-17)30(2,26)27/h3-4,14-16,18H,5-13H2,1-2H3/t16-,18+/m1/s1. The maximum Gasteiger partial charge on any atom is 0.410 e. The molecule has 1 aromatic carbocycles. The molecule has 0 bridgehead atoms. The first-order valence-corrected chi connectivity index (χ1v) is 12.6. The van der Waals surface area contributed by atoms with Crippen LogP contribution in [0.2, 0.25) is 0 Å². The number of halogens is 1. The largest absolute Gasteiger partial charge is 0.493 e. The van der Waals surface area contributed by atoms with Gasteiger partial charge in [-0.15, -0.1) is 0 Å². The number of carbonyl (C=O) groups is 1. The summed E-state index contributed by atoms with van der Waals surface area (Å²) in [6.45, 7) is 4.02. The summed E-state index contributed by atoms with van der Waals surface area (Å²) in [7, 11) is -3.57. The summed E-state index contributed by atoms with van der Waals surface area (Å²) >= 11 is 0. The number of likely N-dealkylation sites (tertiary alicyclic amines) is 1. The highest BCUT2D eigenvalue weighted by atomic mass is 32.2. The number of amides is 1. The smallest absolute Gasteiger partial charge is 0.410 e. The van der Waals surface area contributed by atoms with Gasteiger partial charge in [-0.2, -0.15) is 0 Å². The van der Waals surface area contributed by atoms with Gasteiger partial charge in [-0.05, 0) is 75.3 Å². The van der Waals surface area contributed by atoms with Crippen molar-refractivity contribution in [3.8, 4) is 5.75 Å². The number of sulfone groups is 1. The van der Waals surface area contributed by atoms with Crippen molar-refractivity contribution in [1.29, 1.82) is 0 Å². The third-order valence-corrected chi connectivity index (χ3v) is 7.86. The van der Waals surface area contributed by atoms with Crippen molar-refractivity contribution in [3.05, 3.63) is 24.0 Å². The number of hydrogen-bond acceptors (Lipinski definition) is 5. The van der Waals surface area contributed by atoms with Crippen molar-refractivity contribution >= 4 is 15.9 Å². The maximum atomic E-state index is 13.9. The first-order valence-electron chi connectivity index (χ1n) is 10.7. The Morgan fingerprint density at radius 1 is 1.27 bits per heavy atom. The van der Waals surface area contributed by atoms with Gasteiger partial charge >= 0.3 is 6.09 Å². The molecule has 3 aliphatic rings. The van der Waals surface area contributed by atoms with Gasteiger partial charge in [-0.3, -0.25) is 0 Å². The molecule has 2 atom stereocenters. The van der Waals surface area contributed by atoms with Crippen LogP contribution in [-0.2, 0) is 14.6 Å². The molecule has 1 heterocycles. The van der Waals surface area contributed by atoms with E-state index in [1.807, 2.05) is 11.8 Å². The number of rotatable bonds is 7. The van der Waals surface area contributed by atoms with Crippen LogP contribution in [0.15, 0.2) is 23.1 Å². The first kappa shape index (κ1) is 21.4. The van der Waals surface area contributed by atoms with Gasteiger partial charge in [0.1, 0.15) is 22.1 Å². The van der Waals surface area contributed by atoms with Crippen LogP contribution in [0.25, 0.3) is 0 Å². The lowest BCUT2D eigenvalue weighted by atomic mass is 9.91. The minimum atomic E-state index is -3.57. The van der Waals surface area contributed by atoms with Gasteiger partial charge in [0.2, 0.25) is 0 Å². The molecule has 4 rings (SSSR count). The lowest BCUT2D eigenvalue weighted by Gasteiger charge is -2.32. The van der Waals surface area contributed by atoms with Crippen LogP contribution >= 0.6 is 0 Å². The Morgan fingerprint density at radius 2 is 1.97 bits per heavy atom. The van der Waals surface area contributed by atoms with E-state index in [9.17, 15) is 17.6 Å². The number of ether oxygens (including phenoxy) is 2. The normalized spacial score (nSPS) is 25.6. The molecule has 0 unspecified atom stereocenters. The molecule has 0 N–H and O–H groups in total. The highest BCUT2D eigenvalue weighted by molar-refractivity contribution is 7.90. The molecule has 3 fully saturated rings. The molecular formula is C22H30FNO5S. The average Bonchev–Trinajstić information content (AvgIpc) is 3.59. The molecule has 0 spiro atoms. The summed E-state index contributed by atoms with van der Waals surface area (Å²) in [5.41, 5.74) is -0.219. The Morgan fingerprint density at radius 3 is 2.57 bits per heavy atom. The van der Waals surface area contributed by atoms with Crippen molar-refractivity contribution < 1.29 is 27.1 Å². The van der Waals surface area contributed by atoms with Crippen molar-refractivity contribution in [2.24, 2.45) is 17.8 Å². The Labute approximate surface area is 177 Å². The molecule has 0 radical (unpaired) electrons. The molecule has 1 saturated heterocycles. The average molecular weight is 440 g/mol. The molecule has 0 aromatic heterocycles. The van der Waals surface area contributed by atoms with E-state index in [-0.39, 0.29) is 16.6 Å². The second-order valence-corrected chi connectivity index (χ2v) is 11.3. The number of benzene rings is 1. The Balaban J connectivity index is 1.17. The minimum Gasteiger partial charge on any atom is -0.493 e. The highest BCUT2D eigenvalue weighted by Gasteiger charge is 2.45. The van der Waals surface area contributed by atoms with Gasteiger partial charge in [-0.25, -0.2) is 17.6 Å². The first-order chi connectivity index (χ1) is 14.1. The van der Waals surface area contributed by atoms with E-state index in [1.54, 1.807) is 0 Å². The second-order valence-electron chi connectivity index (χ2n) is 9.30. The Bertz CT molecular complexity index is 906. The summed E-state index contributed by atoms with van der Waals surface area (Å²) < 4.78 is 48.1. The zero-order chi connectivity index (χ0) is 21.5. The van der Waals surface area contributed by atoms with Gasteiger partial charge in [0, 0.05) is 25.4 Å². The summed E-state index contributed by atoms with van der Waals surface area (Å²) in [4.78, 5) is 13.7. The van der Waals surface area contributed by atoms with Crippen LogP contribution in [0, 0.1) is 23.6 Å². The lowest BCUT2D eigenvalue weighted by Crippen LogP contribution is -2.40. The van der Waals surface area contributed by atoms with Crippen molar-refractivity contribution in [2.45, 2.75) is 55.9 Å². The third-order valence-electron chi connectivity index (χ3n) is 6.73. The van der Waals surface area contributed by atoms with E-state index in [0.717, 1.165) is 57.5 Å². The predicted molar refractivity (Wildman–Crippen MR) is 110 cm³/mol. The van der Waals surface area contributed by atoms with Gasteiger partial charge < -0.3 is 14.4 Å². The van der Waals surface area contributed by atoms with Crippen LogP contribution in [-0.4, -0.2) is 51.0 Å². The molecule has 2 saturated carbocycles. The second kappa shape index (κ2) is 8.02. The summed E-state index contributed by atoms with van der Waals surface area (Å²) in [6.07, 6.45) is 6.88. The Kier molecular flexibility index (Phi) is 5.72. The van der Waals surface area contributed by atoms with Gasteiger partial charge in [0.15, 0.2) is 9.84 Å². The monoisotopic (exact) mass is 439 g/mol. The van der Waals surface area contributed by atoms with Crippen molar-refractivity contribution in [3.63, 3.8) is 0 Å². The zero-order valence-electron chi connectivity index (χ0n) is 17.6.